The van der Waals surface area contributed by atoms with Crippen LogP contribution in [0.25, 0.3) is 11.4 Å². The minimum absolute atomic E-state index is 0.542. The topological polar surface area (TPSA) is 61.0 Å². The van der Waals surface area contributed by atoms with Gasteiger partial charge in [0.15, 0.2) is 5.82 Å². The third kappa shape index (κ3) is 2.67. The number of aromatic nitrogens is 2. The molecule has 4 heteroatoms. The third-order valence-corrected chi connectivity index (χ3v) is 3.18. The smallest absolute Gasteiger partial charge is 0.161 e. The normalized spacial score (nSPS) is 14.4. The van der Waals surface area contributed by atoms with Crippen LogP contribution in [0.3, 0.4) is 0 Å². The van der Waals surface area contributed by atoms with Gasteiger partial charge in [0.25, 0.3) is 0 Å². The lowest BCUT2D eigenvalue weighted by Crippen LogP contribution is -1.99. The molecule has 19 heavy (non-hydrogen) atoms. The van der Waals surface area contributed by atoms with Gasteiger partial charge in [-0.3, -0.25) is 0 Å². The van der Waals surface area contributed by atoms with Gasteiger partial charge in [0, 0.05) is 23.2 Å². The van der Waals surface area contributed by atoms with E-state index in [1.54, 1.807) is 0 Å². The van der Waals surface area contributed by atoms with E-state index in [9.17, 15) is 0 Å². The summed E-state index contributed by atoms with van der Waals surface area (Å²) in [5.41, 5.74) is 7.90. The Hall–Kier alpha value is -2.10. The number of anilines is 1. The lowest BCUT2D eigenvalue weighted by Gasteiger charge is -2.06. The monoisotopic (exact) mass is 255 g/mol. The molecule has 1 aromatic heterocycles. The second kappa shape index (κ2) is 4.88. The molecule has 0 amide bonds. The average molecular weight is 255 g/mol. The van der Waals surface area contributed by atoms with Gasteiger partial charge in [-0.1, -0.05) is 0 Å². The van der Waals surface area contributed by atoms with Crippen LogP contribution in [0.5, 0.6) is 5.75 Å². The summed E-state index contributed by atoms with van der Waals surface area (Å²) in [6.45, 7) is 2.64. The molecule has 0 spiro atoms. The highest BCUT2D eigenvalue weighted by Crippen LogP contribution is 2.39. The first kappa shape index (κ1) is 12.0. The Labute approximate surface area is 112 Å². The predicted molar refractivity (Wildman–Crippen MR) is 75.0 cm³/mol. The summed E-state index contributed by atoms with van der Waals surface area (Å²) in [6, 6.07) is 9.69. The standard InChI is InChI=1S/C15H17N3O/c1-2-19-12-7-5-11(6-8-12)15-17-13(10-3-4-10)9-14(16)18-15/h5-10H,2-4H2,1H3,(H2,16,17,18). The molecule has 1 fully saturated rings. The van der Waals surface area contributed by atoms with Crippen molar-refractivity contribution >= 4 is 5.82 Å². The lowest BCUT2D eigenvalue weighted by molar-refractivity contribution is 0.340. The number of nitrogens with zero attached hydrogens (tertiary/aromatic N) is 2. The van der Waals surface area contributed by atoms with Gasteiger partial charge in [-0.25, -0.2) is 9.97 Å². The maximum atomic E-state index is 5.86. The SMILES string of the molecule is CCOc1ccc(-c2nc(N)cc(C3CC3)n2)cc1. The molecular weight excluding hydrogens is 238 g/mol. The highest BCUT2D eigenvalue weighted by atomic mass is 16.5. The summed E-state index contributed by atoms with van der Waals surface area (Å²) in [7, 11) is 0. The zero-order chi connectivity index (χ0) is 13.2. The summed E-state index contributed by atoms with van der Waals surface area (Å²) in [5.74, 6) is 2.68. The van der Waals surface area contributed by atoms with Crippen molar-refractivity contribution in [3.63, 3.8) is 0 Å². The molecule has 0 radical (unpaired) electrons. The van der Waals surface area contributed by atoms with E-state index < -0.39 is 0 Å². The van der Waals surface area contributed by atoms with Crippen LogP contribution in [0.1, 0.15) is 31.4 Å². The molecule has 3 rings (SSSR count). The summed E-state index contributed by atoms with van der Waals surface area (Å²) in [4.78, 5) is 8.93. The number of nitrogen functional groups attached to an aromatic ring is 1. The molecule has 0 aliphatic heterocycles. The fourth-order valence-corrected chi connectivity index (χ4v) is 2.07. The first-order chi connectivity index (χ1) is 9.26. The van der Waals surface area contributed by atoms with Crippen molar-refractivity contribution < 1.29 is 4.74 Å². The first-order valence-corrected chi connectivity index (χ1v) is 6.64. The molecule has 98 valence electrons. The molecule has 2 aromatic rings. The fourth-order valence-electron chi connectivity index (χ4n) is 2.07. The van der Waals surface area contributed by atoms with Crippen molar-refractivity contribution in [2.24, 2.45) is 0 Å². The van der Waals surface area contributed by atoms with Crippen LogP contribution in [0, 0.1) is 0 Å². The minimum atomic E-state index is 0.542. The van der Waals surface area contributed by atoms with Crippen LogP contribution in [-0.2, 0) is 0 Å². The number of hydrogen-bond acceptors (Lipinski definition) is 4. The summed E-state index contributed by atoms with van der Waals surface area (Å²) in [5, 5.41) is 0. The van der Waals surface area contributed by atoms with E-state index in [0.29, 0.717) is 24.2 Å². The van der Waals surface area contributed by atoms with Crippen molar-refractivity contribution in [2.45, 2.75) is 25.7 Å². The van der Waals surface area contributed by atoms with Crippen LogP contribution in [0.2, 0.25) is 0 Å². The van der Waals surface area contributed by atoms with Gasteiger partial charge in [0.05, 0.1) is 6.61 Å². The van der Waals surface area contributed by atoms with Gasteiger partial charge in [-0.2, -0.15) is 0 Å². The van der Waals surface area contributed by atoms with Gasteiger partial charge in [-0.15, -0.1) is 0 Å². The van der Waals surface area contributed by atoms with E-state index in [4.69, 9.17) is 10.5 Å². The van der Waals surface area contributed by atoms with E-state index in [-0.39, 0.29) is 0 Å². The van der Waals surface area contributed by atoms with Gasteiger partial charge < -0.3 is 10.5 Å². The molecule has 0 saturated heterocycles. The van der Waals surface area contributed by atoms with E-state index in [1.165, 1.54) is 12.8 Å². The van der Waals surface area contributed by atoms with Crippen LogP contribution in [0.4, 0.5) is 5.82 Å². The highest BCUT2D eigenvalue weighted by molar-refractivity contribution is 5.58. The van der Waals surface area contributed by atoms with Gasteiger partial charge in [-0.05, 0) is 44.0 Å². The third-order valence-electron chi connectivity index (χ3n) is 3.18. The van der Waals surface area contributed by atoms with Crippen LogP contribution in [-0.4, -0.2) is 16.6 Å². The second-order valence-corrected chi connectivity index (χ2v) is 4.77. The van der Waals surface area contributed by atoms with Crippen molar-refractivity contribution in [3.8, 4) is 17.1 Å². The quantitative estimate of drug-likeness (QED) is 0.912. The summed E-state index contributed by atoms with van der Waals surface area (Å²) < 4.78 is 5.43. The van der Waals surface area contributed by atoms with E-state index in [1.807, 2.05) is 37.3 Å². The molecule has 1 aliphatic carbocycles. The van der Waals surface area contributed by atoms with E-state index in [0.717, 1.165) is 17.0 Å². The molecule has 2 N–H and O–H groups in total. The lowest BCUT2D eigenvalue weighted by atomic mass is 10.2. The first-order valence-electron chi connectivity index (χ1n) is 6.64. The zero-order valence-corrected chi connectivity index (χ0v) is 11.0. The second-order valence-electron chi connectivity index (χ2n) is 4.77. The number of nitrogens with two attached hydrogens (primary N) is 1. The van der Waals surface area contributed by atoms with Gasteiger partial charge in [0.2, 0.25) is 0 Å². The predicted octanol–water partition coefficient (Wildman–Crippen LogP) is 3.00. The van der Waals surface area contributed by atoms with Gasteiger partial charge >= 0.3 is 0 Å². The van der Waals surface area contributed by atoms with Crippen LogP contribution in [0.15, 0.2) is 30.3 Å². The Bertz CT molecular complexity index is 576. The highest BCUT2D eigenvalue weighted by Gasteiger charge is 2.26. The van der Waals surface area contributed by atoms with Crippen LogP contribution >= 0.6 is 0 Å². The maximum Gasteiger partial charge on any atom is 0.161 e. The molecular formula is C15H17N3O. The molecule has 4 nitrogen and oxygen atoms in total. The Morgan fingerprint density at radius 3 is 2.58 bits per heavy atom. The zero-order valence-electron chi connectivity index (χ0n) is 11.0. The minimum Gasteiger partial charge on any atom is -0.494 e. The number of ether oxygens (including phenoxy) is 1. The number of rotatable bonds is 4. The van der Waals surface area contributed by atoms with Gasteiger partial charge in [0.1, 0.15) is 11.6 Å². The Kier molecular flexibility index (Phi) is 3.07. The van der Waals surface area contributed by atoms with Crippen molar-refractivity contribution in [3.05, 3.63) is 36.0 Å². The average Bonchev–Trinajstić information content (AvgIpc) is 3.23. The van der Waals surface area contributed by atoms with Crippen molar-refractivity contribution in [1.82, 2.24) is 9.97 Å². The molecule has 0 atom stereocenters. The molecule has 0 unspecified atom stereocenters. The Morgan fingerprint density at radius 1 is 1.21 bits per heavy atom. The number of benzene rings is 1. The maximum absolute atomic E-state index is 5.86. The number of hydrogen-bond donors (Lipinski definition) is 1. The summed E-state index contributed by atoms with van der Waals surface area (Å²) >= 11 is 0. The molecule has 1 aromatic carbocycles. The molecule has 1 aliphatic rings. The van der Waals surface area contributed by atoms with E-state index >= 15 is 0 Å². The summed E-state index contributed by atoms with van der Waals surface area (Å²) in [6.07, 6.45) is 2.42. The molecule has 0 bridgehead atoms. The van der Waals surface area contributed by atoms with E-state index in [2.05, 4.69) is 9.97 Å². The van der Waals surface area contributed by atoms with Crippen LogP contribution < -0.4 is 10.5 Å². The van der Waals surface area contributed by atoms with Crippen molar-refractivity contribution in [2.75, 3.05) is 12.3 Å². The Morgan fingerprint density at radius 2 is 1.95 bits per heavy atom. The molecule has 1 heterocycles. The fraction of sp³-hybridized carbons (Fsp3) is 0.333. The van der Waals surface area contributed by atoms with Crippen molar-refractivity contribution in [1.29, 1.82) is 0 Å². The largest absolute Gasteiger partial charge is 0.494 e. The molecule has 1 saturated carbocycles. The Balaban J connectivity index is 1.92.